The number of aryl methyl sites for hydroxylation is 1. The van der Waals surface area contributed by atoms with E-state index in [0.29, 0.717) is 6.54 Å². The van der Waals surface area contributed by atoms with Crippen molar-refractivity contribution in [2.45, 2.75) is 13.3 Å². The number of hydrogen-bond acceptors (Lipinski definition) is 3. The summed E-state index contributed by atoms with van der Waals surface area (Å²) in [5, 5.41) is 1.07. The first-order chi connectivity index (χ1) is 5.33. The van der Waals surface area contributed by atoms with Crippen LogP contribution in [-0.4, -0.2) is 11.5 Å². The lowest BCUT2D eigenvalue weighted by Gasteiger charge is -1.82. The van der Waals surface area contributed by atoms with Gasteiger partial charge in [-0.15, -0.1) is 11.3 Å². The van der Waals surface area contributed by atoms with Crippen molar-refractivity contribution >= 4 is 17.4 Å². The van der Waals surface area contributed by atoms with E-state index in [4.69, 9.17) is 5.73 Å². The van der Waals surface area contributed by atoms with Crippen LogP contribution in [0.2, 0.25) is 0 Å². The molecular weight excluding hydrogens is 156 g/mol. The van der Waals surface area contributed by atoms with Crippen LogP contribution in [0.25, 0.3) is 6.08 Å². The van der Waals surface area contributed by atoms with Gasteiger partial charge < -0.3 is 5.73 Å². The van der Waals surface area contributed by atoms with E-state index in [-0.39, 0.29) is 0 Å². The molecule has 3 heteroatoms. The van der Waals surface area contributed by atoms with Crippen molar-refractivity contribution in [2.24, 2.45) is 5.73 Å². The molecule has 0 aromatic carbocycles. The van der Waals surface area contributed by atoms with Crippen LogP contribution in [0.5, 0.6) is 0 Å². The van der Waals surface area contributed by atoms with Gasteiger partial charge in [0, 0.05) is 11.1 Å². The van der Waals surface area contributed by atoms with Gasteiger partial charge in [0.1, 0.15) is 5.01 Å². The molecule has 11 heavy (non-hydrogen) atoms. The van der Waals surface area contributed by atoms with Gasteiger partial charge >= 0.3 is 0 Å². The molecule has 0 aliphatic carbocycles. The van der Waals surface area contributed by atoms with Crippen molar-refractivity contribution in [1.29, 1.82) is 0 Å². The summed E-state index contributed by atoms with van der Waals surface area (Å²) in [6.07, 6.45) is 6.88. The van der Waals surface area contributed by atoms with Gasteiger partial charge in [-0.05, 0) is 26.0 Å². The number of nitrogens with zero attached hydrogens (tertiary/aromatic N) is 1. The predicted octanol–water partition coefficient (Wildman–Crippen LogP) is 1.81. The molecule has 1 rings (SSSR count). The van der Waals surface area contributed by atoms with Crippen molar-refractivity contribution in [1.82, 2.24) is 4.98 Å². The first-order valence-corrected chi connectivity index (χ1v) is 4.43. The third kappa shape index (κ3) is 2.82. The molecule has 2 N–H and O–H groups in total. The molecule has 2 nitrogen and oxygen atoms in total. The smallest absolute Gasteiger partial charge is 0.115 e. The SMILES string of the molecule is Cc1cnc(C=CCCN)s1. The van der Waals surface area contributed by atoms with Crippen LogP contribution in [0.1, 0.15) is 16.3 Å². The lowest BCUT2D eigenvalue weighted by Crippen LogP contribution is -1.94. The molecule has 0 bridgehead atoms. The summed E-state index contributed by atoms with van der Waals surface area (Å²) < 4.78 is 0. The van der Waals surface area contributed by atoms with Gasteiger partial charge in [-0.25, -0.2) is 4.98 Å². The summed E-state index contributed by atoms with van der Waals surface area (Å²) in [6.45, 7) is 2.76. The molecule has 0 saturated carbocycles. The van der Waals surface area contributed by atoms with E-state index < -0.39 is 0 Å². The summed E-state index contributed by atoms with van der Waals surface area (Å²) in [5.41, 5.74) is 5.33. The minimum Gasteiger partial charge on any atom is -0.330 e. The molecule has 0 fully saturated rings. The van der Waals surface area contributed by atoms with Crippen LogP contribution >= 0.6 is 11.3 Å². The van der Waals surface area contributed by atoms with E-state index in [1.165, 1.54) is 4.88 Å². The second-order valence-electron chi connectivity index (χ2n) is 2.29. The molecule has 0 atom stereocenters. The molecule has 1 aromatic rings. The third-order valence-corrected chi connectivity index (χ3v) is 2.11. The second kappa shape index (κ2) is 4.26. The van der Waals surface area contributed by atoms with Gasteiger partial charge in [-0.2, -0.15) is 0 Å². The Morgan fingerprint density at radius 3 is 3.09 bits per heavy atom. The maximum Gasteiger partial charge on any atom is 0.115 e. The Morgan fingerprint density at radius 1 is 1.73 bits per heavy atom. The van der Waals surface area contributed by atoms with E-state index in [1.54, 1.807) is 11.3 Å². The van der Waals surface area contributed by atoms with Gasteiger partial charge in [0.2, 0.25) is 0 Å². The summed E-state index contributed by atoms with van der Waals surface area (Å²) in [4.78, 5) is 5.43. The second-order valence-corrected chi connectivity index (χ2v) is 3.56. The van der Waals surface area contributed by atoms with Gasteiger partial charge in [0.05, 0.1) is 0 Å². The summed E-state index contributed by atoms with van der Waals surface area (Å²) >= 11 is 1.70. The van der Waals surface area contributed by atoms with Crippen molar-refractivity contribution in [3.63, 3.8) is 0 Å². The van der Waals surface area contributed by atoms with Crippen LogP contribution in [0.15, 0.2) is 12.3 Å². The van der Waals surface area contributed by atoms with Crippen molar-refractivity contribution < 1.29 is 0 Å². The Kier molecular flexibility index (Phi) is 3.26. The van der Waals surface area contributed by atoms with E-state index in [0.717, 1.165) is 11.4 Å². The highest BCUT2D eigenvalue weighted by Crippen LogP contribution is 2.12. The fourth-order valence-electron chi connectivity index (χ4n) is 0.730. The molecule has 0 spiro atoms. The number of thiazole rings is 1. The molecule has 60 valence electrons. The highest BCUT2D eigenvalue weighted by Gasteiger charge is 1.90. The van der Waals surface area contributed by atoms with Gasteiger partial charge in [0.15, 0.2) is 0 Å². The van der Waals surface area contributed by atoms with Crippen molar-refractivity contribution in [2.75, 3.05) is 6.54 Å². The molecule has 0 aliphatic rings. The molecule has 0 amide bonds. The zero-order chi connectivity index (χ0) is 8.10. The van der Waals surface area contributed by atoms with Gasteiger partial charge in [-0.3, -0.25) is 0 Å². The van der Waals surface area contributed by atoms with Gasteiger partial charge in [-0.1, -0.05) is 6.08 Å². The molecule has 0 unspecified atom stereocenters. The van der Waals surface area contributed by atoms with Crippen LogP contribution in [-0.2, 0) is 0 Å². The minimum absolute atomic E-state index is 0.709. The lowest BCUT2D eigenvalue weighted by atomic mass is 10.4. The molecule has 0 aliphatic heterocycles. The summed E-state index contributed by atoms with van der Waals surface area (Å²) in [6, 6.07) is 0. The molecular formula is C8H12N2S. The number of hydrogen-bond donors (Lipinski definition) is 1. The Labute approximate surface area is 70.8 Å². The van der Waals surface area contributed by atoms with Gasteiger partial charge in [0.25, 0.3) is 0 Å². The fraction of sp³-hybridized carbons (Fsp3) is 0.375. The first-order valence-electron chi connectivity index (χ1n) is 3.62. The minimum atomic E-state index is 0.709. The molecule has 0 radical (unpaired) electrons. The molecule has 0 saturated heterocycles. The highest BCUT2D eigenvalue weighted by atomic mass is 32.1. The van der Waals surface area contributed by atoms with Crippen LogP contribution < -0.4 is 5.73 Å². The largest absolute Gasteiger partial charge is 0.330 e. The average molecular weight is 168 g/mol. The number of aromatic nitrogens is 1. The van der Waals surface area contributed by atoms with E-state index >= 15 is 0 Å². The Hall–Kier alpha value is -0.670. The molecule has 1 aromatic heterocycles. The highest BCUT2D eigenvalue weighted by molar-refractivity contribution is 7.12. The molecule has 1 heterocycles. The zero-order valence-electron chi connectivity index (χ0n) is 6.58. The van der Waals surface area contributed by atoms with Crippen molar-refractivity contribution in [3.8, 4) is 0 Å². The monoisotopic (exact) mass is 168 g/mol. The third-order valence-electron chi connectivity index (χ3n) is 1.23. The predicted molar refractivity (Wildman–Crippen MR) is 49.6 cm³/mol. The normalized spacial score (nSPS) is 11.1. The number of nitrogens with two attached hydrogens (primary N) is 1. The Morgan fingerprint density at radius 2 is 2.55 bits per heavy atom. The van der Waals surface area contributed by atoms with Crippen LogP contribution in [0.3, 0.4) is 0 Å². The fourth-order valence-corrected chi connectivity index (χ4v) is 1.43. The zero-order valence-corrected chi connectivity index (χ0v) is 7.40. The first kappa shape index (κ1) is 8.43. The van der Waals surface area contributed by atoms with E-state index in [2.05, 4.69) is 18.0 Å². The standard InChI is InChI=1S/C8H12N2S/c1-7-6-10-8(11-7)4-2-3-5-9/h2,4,6H,3,5,9H2,1H3. The Balaban J connectivity index is 2.50. The quantitative estimate of drug-likeness (QED) is 0.747. The van der Waals surface area contributed by atoms with Crippen molar-refractivity contribution in [3.05, 3.63) is 22.2 Å². The summed E-state index contributed by atoms with van der Waals surface area (Å²) in [7, 11) is 0. The average Bonchev–Trinajstić information content (AvgIpc) is 2.37. The number of rotatable bonds is 3. The van der Waals surface area contributed by atoms with Crippen LogP contribution in [0.4, 0.5) is 0 Å². The van der Waals surface area contributed by atoms with E-state index in [9.17, 15) is 0 Å². The van der Waals surface area contributed by atoms with E-state index in [1.807, 2.05) is 12.3 Å². The summed E-state index contributed by atoms with van der Waals surface area (Å²) in [5.74, 6) is 0. The van der Waals surface area contributed by atoms with Crippen LogP contribution in [0, 0.1) is 6.92 Å². The Bertz CT molecular complexity index is 240. The maximum atomic E-state index is 5.33. The lowest BCUT2D eigenvalue weighted by molar-refractivity contribution is 1.01. The maximum absolute atomic E-state index is 5.33. The topological polar surface area (TPSA) is 38.9 Å².